The van der Waals surface area contributed by atoms with E-state index in [-0.39, 0.29) is 7.25 Å². The fraction of sp³-hybridized carbons (Fsp3) is 0.500. The Labute approximate surface area is 254 Å². The van der Waals surface area contributed by atoms with Crippen LogP contribution in [0.3, 0.4) is 0 Å². The minimum absolute atomic E-state index is 0.110. The van der Waals surface area contributed by atoms with Gasteiger partial charge in [0.15, 0.2) is 0 Å². The zero-order chi connectivity index (χ0) is 30.0. The summed E-state index contributed by atoms with van der Waals surface area (Å²) in [6, 6.07) is 9.05. The molecule has 2 aliphatic carbocycles. The van der Waals surface area contributed by atoms with Gasteiger partial charge < -0.3 is 0 Å². The summed E-state index contributed by atoms with van der Waals surface area (Å²) in [7, 11) is 13.6. The molecule has 8 heteroatoms. The van der Waals surface area contributed by atoms with Crippen LogP contribution in [0.5, 0.6) is 0 Å². The maximum atomic E-state index is 8.44. The van der Waals surface area contributed by atoms with Gasteiger partial charge in [-0.15, -0.1) is 0 Å². The summed E-state index contributed by atoms with van der Waals surface area (Å²) in [5.74, 6) is -1.57. The van der Waals surface area contributed by atoms with Crippen LogP contribution in [-0.2, 0) is 37.6 Å². The molecule has 219 valence electrons. The molecule has 0 amide bonds. The zero-order valence-corrected chi connectivity index (χ0v) is 33.8. The molecule has 0 saturated heterocycles. The molecule has 0 saturated carbocycles. The van der Waals surface area contributed by atoms with Crippen molar-refractivity contribution in [1.82, 2.24) is 0 Å². The Kier molecular flexibility index (Phi) is 9.16. The third kappa shape index (κ3) is 5.87. The molecule has 0 heterocycles. The number of fused-ring (bicyclic) bond motifs is 2. The van der Waals surface area contributed by atoms with Crippen molar-refractivity contribution in [1.29, 1.82) is 0 Å². The van der Waals surface area contributed by atoms with Crippen molar-refractivity contribution in [2.45, 2.75) is 101 Å². The first-order valence-electron chi connectivity index (χ1n) is 14.7. The van der Waals surface area contributed by atoms with E-state index in [0.717, 1.165) is 0 Å². The van der Waals surface area contributed by atoms with Crippen molar-refractivity contribution in [2.75, 3.05) is 0 Å². The molecule has 2 unspecified atom stereocenters. The van der Waals surface area contributed by atoms with Crippen LogP contribution >= 0.6 is 17.0 Å². The third-order valence-electron chi connectivity index (χ3n) is 8.95. The van der Waals surface area contributed by atoms with E-state index in [0.29, 0.717) is 13.2 Å². The molecular weight excluding hydrogens is 663 g/mol. The average molecular weight is 712 g/mol. The molecule has 0 aliphatic heterocycles. The molecule has 2 atom stereocenters. The molecule has 0 bridgehead atoms. The molecule has 2 nitrogen and oxygen atoms in total. The fourth-order valence-corrected chi connectivity index (χ4v) is 41.0. The van der Waals surface area contributed by atoms with Crippen LogP contribution in [0.4, 0.5) is 0 Å². The van der Waals surface area contributed by atoms with Gasteiger partial charge >= 0.3 is 257 Å². The molecule has 0 N–H and O–H groups in total. The monoisotopic (exact) mass is 709 g/mol. The minimum atomic E-state index is -4.70. The van der Waals surface area contributed by atoms with Crippen molar-refractivity contribution in [3.05, 3.63) is 79.9 Å². The predicted molar refractivity (Wildman–Crippen MR) is 182 cm³/mol. The van der Waals surface area contributed by atoms with Gasteiger partial charge in [0.2, 0.25) is 0 Å². The van der Waals surface area contributed by atoms with E-state index >= 15 is 0 Å². The molecule has 2 aromatic rings. The van der Waals surface area contributed by atoms with Crippen LogP contribution in [0.1, 0.15) is 65.6 Å². The van der Waals surface area contributed by atoms with Crippen LogP contribution in [-0.4, -0.2) is 22.6 Å². The summed E-state index contributed by atoms with van der Waals surface area (Å²) >= 11 is -4.70. The van der Waals surface area contributed by atoms with E-state index < -0.39 is 38.1 Å². The molecule has 0 aromatic heterocycles. The van der Waals surface area contributed by atoms with E-state index in [9.17, 15) is 0 Å². The molecule has 0 fully saturated rings. The topological polar surface area (TPSA) is 18.5 Å². The summed E-state index contributed by atoms with van der Waals surface area (Å²) in [5, 5.41) is 0. The summed E-state index contributed by atoms with van der Waals surface area (Å²) in [6.07, 6.45) is 4.79. The first-order chi connectivity index (χ1) is 18.3. The molecule has 4 rings (SSSR count). The van der Waals surface area contributed by atoms with Crippen LogP contribution < -0.4 is 0 Å². The molecule has 0 spiro atoms. The van der Waals surface area contributed by atoms with E-state index in [1.165, 1.54) is 55.7 Å². The predicted octanol–water partition coefficient (Wildman–Crippen LogP) is 10.6. The summed E-state index contributed by atoms with van der Waals surface area (Å²) in [4.78, 5) is 0. The van der Waals surface area contributed by atoms with Crippen molar-refractivity contribution in [3.8, 4) is 0 Å². The Balaban J connectivity index is 1.91. The zero-order valence-electron chi connectivity index (χ0n) is 26.7. The second kappa shape index (κ2) is 11.1. The van der Waals surface area contributed by atoms with Gasteiger partial charge in [0.05, 0.1) is 0 Å². The van der Waals surface area contributed by atoms with Gasteiger partial charge in [0.1, 0.15) is 0 Å². The average Bonchev–Trinajstić information content (AvgIpc) is 3.36. The van der Waals surface area contributed by atoms with Crippen molar-refractivity contribution < 1.29 is 24.4 Å². The van der Waals surface area contributed by atoms with E-state index in [1.807, 2.05) is 0 Å². The second-order valence-corrected chi connectivity index (χ2v) is 66.1. The number of aryl methyl sites for hydroxylation is 2. The standard InChI is InChI=1S/2C15H21OSi.C2H7Si.2ClH.Zr/c2*1-11-8-14-12(2)6-7-13(15(14)9-11)10-16-17(3,4)5;1-3-2;;;/h2*6-9H,10H2,1-5H3;3H,1-2H3;2*1H;/q;;;;;+2/p-2. The van der Waals surface area contributed by atoms with Gasteiger partial charge in [-0.3, -0.25) is 0 Å². The van der Waals surface area contributed by atoms with Gasteiger partial charge in [-0.25, -0.2) is 0 Å². The summed E-state index contributed by atoms with van der Waals surface area (Å²) in [6.45, 7) is 28.7. The Bertz CT molecular complexity index is 1300. The number of rotatable bonds is 9. The van der Waals surface area contributed by atoms with Gasteiger partial charge in [0, 0.05) is 0 Å². The SMILES string of the molecule is CC1=Cc2c(CO[Si](C)(C)C)ccc(C)c2[CH]1[Zr]([Cl])([Cl])([CH]1C(C)=Cc2c(CO[Si](C)(C)C)ccc(C)c21)[SiH](C)C. The first kappa shape index (κ1) is 32.9. The Morgan fingerprint density at radius 3 is 1.32 bits per heavy atom. The van der Waals surface area contributed by atoms with Crippen molar-refractivity contribution in [3.63, 3.8) is 0 Å². The quantitative estimate of drug-likeness (QED) is 0.241. The van der Waals surface area contributed by atoms with Crippen LogP contribution in [0.2, 0.25) is 52.4 Å². The molecule has 0 radical (unpaired) electrons. The molecule has 2 aliphatic rings. The summed E-state index contributed by atoms with van der Waals surface area (Å²) in [5.41, 5.74) is 13.2. The number of hydrogen-bond donors (Lipinski definition) is 0. The van der Waals surface area contributed by atoms with Gasteiger partial charge in [-0.05, 0) is 0 Å². The van der Waals surface area contributed by atoms with E-state index in [2.05, 4.69) is 116 Å². The Morgan fingerprint density at radius 2 is 1.02 bits per heavy atom. The van der Waals surface area contributed by atoms with Crippen LogP contribution in [0.25, 0.3) is 12.2 Å². The van der Waals surface area contributed by atoms with Crippen molar-refractivity contribution >= 4 is 51.7 Å². The Hall–Kier alpha value is -0.0462. The fourth-order valence-electron chi connectivity index (χ4n) is 6.86. The van der Waals surface area contributed by atoms with Crippen LogP contribution in [0.15, 0.2) is 35.4 Å². The molecule has 40 heavy (non-hydrogen) atoms. The third-order valence-corrected chi connectivity index (χ3v) is 63.1. The van der Waals surface area contributed by atoms with Crippen molar-refractivity contribution in [2.24, 2.45) is 0 Å². The molecule has 2 aromatic carbocycles. The van der Waals surface area contributed by atoms with E-state index in [1.54, 1.807) is 0 Å². The number of benzene rings is 2. The second-order valence-electron chi connectivity index (χ2n) is 14.6. The maximum absolute atomic E-state index is 8.44. The first-order valence-corrected chi connectivity index (χ1v) is 37.9. The molecular formula is C32H49Cl2O2Si3Zr. The normalized spacial score (nSPS) is 20.2. The number of hydrogen-bond acceptors (Lipinski definition) is 2. The Morgan fingerprint density at radius 1 is 0.675 bits per heavy atom. The number of allylic oxidation sites excluding steroid dienone is 2. The van der Waals surface area contributed by atoms with E-state index in [4.69, 9.17) is 25.9 Å². The van der Waals surface area contributed by atoms with Crippen LogP contribution in [0, 0.1) is 13.8 Å². The summed E-state index contributed by atoms with van der Waals surface area (Å²) < 4.78 is 13.0. The van der Waals surface area contributed by atoms with Gasteiger partial charge in [0.25, 0.3) is 0 Å². The van der Waals surface area contributed by atoms with Gasteiger partial charge in [-0.2, -0.15) is 0 Å². The van der Waals surface area contributed by atoms with Gasteiger partial charge in [-0.1, -0.05) is 0 Å². The number of halogens is 2.